The van der Waals surface area contributed by atoms with Gasteiger partial charge in [-0.3, -0.25) is 0 Å². The number of benzene rings is 1. The number of aliphatic hydroxyl groups is 1. The largest absolute Gasteiger partial charge is 0.390 e. The highest BCUT2D eigenvalue weighted by molar-refractivity contribution is 5.89. The fourth-order valence-corrected chi connectivity index (χ4v) is 5.83. The molecule has 1 aromatic carbocycles. The molecule has 2 aromatic rings. The number of aliphatic hydroxyl groups excluding tert-OH is 1. The van der Waals surface area contributed by atoms with Crippen LogP contribution in [0, 0.1) is 11.8 Å². The van der Waals surface area contributed by atoms with E-state index < -0.39 is 0 Å². The Balaban J connectivity index is 1.78. The summed E-state index contributed by atoms with van der Waals surface area (Å²) in [4.78, 5) is 0. The summed E-state index contributed by atoms with van der Waals surface area (Å²) >= 11 is 0. The van der Waals surface area contributed by atoms with Gasteiger partial charge in [0, 0.05) is 29.2 Å². The van der Waals surface area contributed by atoms with E-state index >= 15 is 0 Å². The van der Waals surface area contributed by atoms with Crippen LogP contribution in [0.15, 0.2) is 18.2 Å². The summed E-state index contributed by atoms with van der Waals surface area (Å²) in [6.07, 6.45) is 7.37. The Morgan fingerprint density at radius 2 is 1.82 bits per heavy atom. The molecule has 154 valence electrons. The van der Waals surface area contributed by atoms with E-state index in [0.29, 0.717) is 18.5 Å². The van der Waals surface area contributed by atoms with E-state index in [4.69, 9.17) is 5.73 Å². The summed E-state index contributed by atoms with van der Waals surface area (Å²) in [5, 5.41) is 15.1. The van der Waals surface area contributed by atoms with E-state index in [-0.39, 0.29) is 6.61 Å². The second-order valence-corrected chi connectivity index (χ2v) is 9.24. The summed E-state index contributed by atoms with van der Waals surface area (Å²) in [5.74, 6) is 2.20. The fourth-order valence-electron chi connectivity index (χ4n) is 5.83. The lowest BCUT2D eigenvalue weighted by Crippen LogP contribution is -2.26. The van der Waals surface area contributed by atoms with Crippen LogP contribution in [0.1, 0.15) is 81.2 Å². The van der Waals surface area contributed by atoms with Gasteiger partial charge in [0.05, 0.1) is 6.61 Å². The van der Waals surface area contributed by atoms with E-state index in [0.717, 1.165) is 30.6 Å². The minimum absolute atomic E-state index is 0.0803. The Morgan fingerprint density at radius 1 is 1.11 bits per heavy atom. The number of hydrogen-bond donors (Lipinski definition) is 3. The van der Waals surface area contributed by atoms with E-state index in [9.17, 15) is 5.11 Å². The Bertz CT molecular complexity index is 796. The van der Waals surface area contributed by atoms with Crippen molar-refractivity contribution in [3.8, 4) is 0 Å². The quantitative estimate of drug-likeness (QED) is 0.715. The second-order valence-electron chi connectivity index (χ2n) is 9.24. The van der Waals surface area contributed by atoms with E-state index in [2.05, 4.69) is 41.9 Å². The summed E-state index contributed by atoms with van der Waals surface area (Å²) < 4.78 is 2.47. The van der Waals surface area contributed by atoms with Crippen molar-refractivity contribution in [2.75, 3.05) is 13.1 Å². The monoisotopic (exact) mass is 383 g/mol. The first-order valence-electron chi connectivity index (χ1n) is 11.3. The first-order valence-corrected chi connectivity index (χ1v) is 11.3. The third-order valence-corrected chi connectivity index (χ3v) is 7.46. The topological polar surface area (TPSA) is 63.2 Å². The molecular weight excluding hydrogens is 346 g/mol. The zero-order valence-electron chi connectivity index (χ0n) is 17.6. The zero-order chi connectivity index (χ0) is 19.7. The van der Waals surface area contributed by atoms with Crippen molar-refractivity contribution in [3.63, 3.8) is 0 Å². The van der Waals surface area contributed by atoms with Gasteiger partial charge in [-0.25, -0.2) is 0 Å². The smallest absolute Gasteiger partial charge is 0.0836 e. The third-order valence-electron chi connectivity index (χ3n) is 7.46. The Kier molecular flexibility index (Phi) is 6.10. The lowest BCUT2D eigenvalue weighted by molar-refractivity contribution is 0.214. The minimum atomic E-state index is 0.0803. The van der Waals surface area contributed by atoms with Crippen LogP contribution < -0.4 is 11.1 Å². The maximum absolute atomic E-state index is 10.3. The lowest BCUT2D eigenvalue weighted by Gasteiger charge is -2.33. The number of nitrogens with two attached hydrogens (primary N) is 1. The van der Waals surface area contributed by atoms with Crippen molar-refractivity contribution in [2.24, 2.45) is 17.6 Å². The highest BCUT2D eigenvalue weighted by Crippen LogP contribution is 2.42. The van der Waals surface area contributed by atoms with E-state index in [1.807, 2.05) is 0 Å². The van der Waals surface area contributed by atoms with Crippen LogP contribution in [0.5, 0.6) is 0 Å². The van der Waals surface area contributed by atoms with E-state index in [1.54, 1.807) is 0 Å². The minimum Gasteiger partial charge on any atom is -0.390 e. The van der Waals surface area contributed by atoms with Gasteiger partial charge in [0.15, 0.2) is 0 Å². The standard InChI is InChI=1S/C24H37N3O/c1-16(2)17-6-8-19(9-7-17)27-22-5-3-4-20(18-10-12-26-13-11-18)24(22)21(14-25)23(27)15-28/h3-5,16-19,26,28H,6-15,25H2,1-2H3. The predicted molar refractivity (Wildman–Crippen MR) is 116 cm³/mol. The molecule has 1 saturated heterocycles. The third kappa shape index (κ3) is 3.51. The molecule has 1 saturated carbocycles. The SMILES string of the molecule is CC(C)C1CCC(n2c(CO)c(CN)c3c(C4CCNCC4)cccc32)CC1. The molecule has 1 aromatic heterocycles. The molecule has 4 rings (SSSR count). The molecule has 2 fully saturated rings. The number of hydrogen-bond acceptors (Lipinski definition) is 3. The van der Waals surface area contributed by atoms with Crippen LogP contribution >= 0.6 is 0 Å². The van der Waals surface area contributed by atoms with Crippen molar-refractivity contribution in [2.45, 2.75) is 77.5 Å². The van der Waals surface area contributed by atoms with Crippen molar-refractivity contribution in [1.29, 1.82) is 0 Å². The number of nitrogens with zero attached hydrogens (tertiary/aromatic N) is 1. The van der Waals surface area contributed by atoms with Gasteiger partial charge in [0.25, 0.3) is 0 Å². The molecule has 0 bridgehead atoms. The van der Waals surface area contributed by atoms with Crippen LogP contribution in [-0.2, 0) is 13.2 Å². The normalized spacial score (nSPS) is 24.3. The Labute approximate surface area is 169 Å². The lowest BCUT2D eigenvalue weighted by atomic mass is 9.79. The average Bonchev–Trinajstić information content (AvgIpc) is 3.07. The molecular formula is C24H37N3O. The molecule has 1 aliphatic heterocycles. The molecule has 4 heteroatoms. The van der Waals surface area contributed by atoms with Crippen molar-refractivity contribution < 1.29 is 5.11 Å². The van der Waals surface area contributed by atoms with Crippen LogP contribution in [0.3, 0.4) is 0 Å². The van der Waals surface area contributed by atoms with Gasteiger partial charge in [0.1, 0.15) is 0 Å². The van der Waals surface area contributed by atoms with Crippen LogP contribution in [0.4, 0.5) is 0 Å². The van der Waals surface area contributed by atoms with Crippen molar-refractivity contribution >= 4 is 10.9 Å². The number of aromatic nitrogens is 1. The van der Waals surface area contributed by atoms with Crippen molar-refractivity contribution in [3.05, 3.63) is 35.0 Å². The number of nitrogens with one attached hydrogen (secondary N) is 1. The predicted octanol–water partition coefficient (Wildman–Crippen LogP) is 4.45. The first-order chi connectivity index (χ1) is 13.7. The van der Waals surface area contributed by atoms with Crippen LogP contribution in [-0.4, -0.2) is 22.8 Å². The molecule has 2 heterocycles. The number of rotatable bonds is 5. The highest BCUT2D eigenvalue weighted by atomic mass is 16.3. The summed E-state index contributed by atoms with van der Waals surface area (Å²) in [5.41, 5.74) is 11.2. The molecule has 0 atom stereocenters. The second kappa shape index (κ2) is 8.56. The van der Waals surface area contributed by atoms with Gasteiger partial charge in [0.2, 0.25) is 0 Å². The molecule has 1 aliphatic carbocycles. The summed E-state index contributed by atoms with van der Waals surface area (Å²) in [6.45, 7) is 7.47. The Morgan fingerprint density at radius 3 is 2.43 bits per heavy atom. The van der Waals surface area contributed by atoms with Gasteiger partial charge in [-0.05, 0) is 86.6 Å². The molecule has 0 unspecified atom stereocenters. The highest BCUT2D eigenvalue weighted by Gasteiger charge is 2.29. The summed E-state index contributed by atoms with van der Waals surface area (Å²) in [7, 11) is 0. The average molecular weight is 384 g/mol. The number of piperidine rings is 1. The van der Waals surface area contributed by atoms with Crippen LogP contribution in [0.2, 0.25) is 0 Å². The molecule has 0 spiro atoms. The molecule has 28 heavy (non-hydrogen) atoms. The molecule has 0 radical (unpaired) electrons. The zero-order valence-corrected chi connectivity index (χ0v) is 17.6. The van der Waals surface area contributed by atoms with Gasteiger partial charge in [-0.1, -0.05) is 26.0 Å². The van der Waals surface area contributed by atoms with E-state index in [1.165, 1.54) is 60.6 Å². The molecule has 4 nitrogen and oxygen atoms in total. The first kappa shape index (κ1) is 19.9. The summed E-state index contributed by atoms with van der Waals surface area (Å²) in [6, 6.07) is 7.27. The number of fused-ring (bicyclic) bond motifs is 1. The maximum Gasteiger partial charge on any atom is 0.0836 e. The van der Waals surface area contributed by atoms with Gasteiger partial charge in [-0.15, -0.1) is 0 Å². The van der Waals surface area contributed by atoms with Gasteiger partial charge < -0.3 is 20.7 Å². The van der Waals surface area contributed by atoms with Gasteiger partial charge >= 0.3 is 0 Å². The van der Waals surface area contributed by atoms with Crippen LogP contribution in [0.25, 0.3) is 10.9 Å². The molecule has 2 aliphatic rings. The fraction of sp³-hybridized carbons (Fsp3) is 0.667. The van der Waals surface area contributed by atoms with Crippen molar-refractivity contribution in [1.82, 2.24) is 9.88 Å². The molecule has 0 amide bonds. The van der Waals surface area contributed by atoms with Gasteiger partial charge in [-0.2, -0.15) is 0 Å². The Hall–Kier alpha value is -1.36. The molecule has 4 N–H and O–H groups in total. The maximum atomic E-state index is 10.3.